The largest absolute Gasteiger partial charge is 0.481 e. The zero-order chi connectivity index (χ0) is 20.8. The van der Waals surface area contributed by atoms with Gasteiger partial charge in [-0.05, 0) is 23.8 Å². The molecule has 6 heteroatoms. The third kappa shape index (κ3) is 4.82. The van der Waals surface area contributed by atoms with E-state index >= 15 is 0 Å². The molecule has 4 rings (SSSR count). The van der Waals surface area contributed by atoms with Crippen molar-refractivity contribution in [1.29, 1.82) is 0 Å². The lowest BCUT2D eigenvalue weighted by Gasteiger charge is -2.37. The Morgan fingerprint density at radius 1 is 1.10 bits per heavy atom. The SMILES string of the molecule is C#CCOc1ccc(CN2CCN(c3ccccc3[C@H](O)c3nccs3)CC2)cc1. The molecule has 3 aromatic rings. The number of aliphatic hydroxyl groups excluding tert-OH is 1. The van der Waals surface area contributed by atoms with Crippen molar-refractivity contribution in [2.45, 2.75) is 12.6 Å². The van der Waals surface area contributed by atoms with Crippen molar-refractivity contribution in [2.75, 3.05) is 37.7 Å². The van der Waals surface area contributed by atoms with Gasteiger partial charge >= 0.3 is 0 Å². The third-order valence-corrected chi connectivity index (χ3v) is 6.11. The van der Waals surface area contributed by atoms with Gasteiger partial charge in [-0.3, -0.25) is 4.90 Å². The van der Waals surface area contributed by atoms with Crippen LogP contribution in [0, 0.1) is 12.3 Å². The van der Waals surface area contributed by atoms with Crippen molar-refractivity contribution in [3.63, 3.8) is 0 Å². The highest BCUT2D eigenvalue weighted by atomic mass is 32.1. The van der Waals surface area contributed by atoms with Crippen LogP contribution in [-0.2, 0) is 6.54 Å². The number of hydrogen-bond donors (Lipinski definition) is 1. The van der Waals surface area contributed by atoms with Gasteiger partial charge in [0.25, 0.3) is 0 Å². The van der Waals surface area contributed by atoms with E-state index in [1.807, 2.05) is 35.7 Å². The summed E-state index contributed by atoms with van der Waals surface area (Å²) in [5, 5.41) is 13.4. The number of aliphatic hydroxyl groups is 1. The molecular formula is C24H25N3O2S. The van der Waals surface area contributed by atoms with Crippen LogP contribution < -0.4 is 9.64 Å². The molecule has 154 valence electrons. The number of para-hydroxylation sites is 1. The second kappa shape index (κ2) is 9.77. The van der Waals surface area contributed by atoms with E-state index in [-0.39, 0.29) is 0 Å². The van der Waals surface area contributed by atoms with Crippen molar-refractivity contribution >= 4 is 17.0 Å². The Labute approximate surface area is 181 Å². The van der Waals surface area contributed by atoms with Crippen LogP contribution in [0.5, 0.6) is 5.75 Å². The fourth-order valence-electron chi connectivity index (χ4n) is 3.73. The van der Waals surface area contributed by atoms with Gasteiger partial charge in [-0.1, -0.05) is 36.3 Å². The van der Waals surface area contributed by atoms with Gasteiger partial charge in [0.15, 0.2) is 0 Å². The van der Waals surface area contributed by atoms with Crippen LogP contribution in [0.15, 0.2) is 60.1 Å². The summed E-state index contributed by atoms with van der Waals surface area (Å²) >= 11 is 1.48. The molecule has 30 heavy (non-hydrogen) atoms. The van der Waals surface area contributed by atoms with Crippen LogP contribution in [0.4, 0.5) is 5.69 Å². The monoisotopic (exact) mass is 419 g/mol. The predicted octanol–water partition coefficient (Wildman–Crippen LogP) is 3.56. The summed E-state index contributed by atoms with van der Waals surface area (Å²) in [4.78, 5) is 9.10. The Hall–Kier alpha value is -2.85. The molecule has 1 atom stereocenters. The van der Waals surface area contributed by atoms with Gasteiger partial charge in [0.2, 0.25) is 0 Å². The molecule has 0 saturated carbocycles. The number of nitrogens with zero attached hydrogens (tertiary/aromatic N) is 3. The number of terminal acetylenes is 1. The maximum Gasteiger partial charge on any atom is 0.148 e. The first-order valence-electron chi connectivity index (χ1n) is 10.0. The minimum absolute atomic E-state index is 0.292. The maximum atomic E-state index is 10.8. The van der Waals surface area contributed by atoms with Crippen molar-refractivity contribution in [3.8, 4) is 18.1 Å². The first kappa shape index (κ1) is 20.4. The molecule has 1 N–H and O–H groups in total. The summed E-state index contributed by atoms with van der Waals surface area (Å²) in [6, 6.07) is 16.2. The van der Waals surface area contributed by atoms with E-state index < -0.39 is 6.10 Å². The number of aromatic nitrogens is 1. The van der Waals surface area contributed by atoms with Crippen molar-refractivity contribution in [3.05, 3.63) is 76.2 Å². The molecule has 5 nitrogen and oxygen atoms in total. The normalized spacial score (nSPS) is 15.5. The highest BCUT2D eigenvalue weighted by Crippen LogP contribution is 2.32. The zero-order valence-electron chi connectivity index (χ0n) is 16.8. The van der Waals surface area contributed by atoms with Gasteiger partial charge < -0.3 is 14.7 Å². The molecule has 0 spiro atoms. The van der Waals surface area contributed by atoms with Gasteiger partial charge in [-0.15, -0.1) is 17.8 Å². The Morgan fingerprint density at radius 3 is 2.57 bits per heavy atom. The first-order chi connectivity index (χ1) is 14.7. The van der Waals surface area contributed by atoms with Crippen LogP contribution in [0.25, 0.3) is 0 Å². The number of piperazine rings is 1. The number of benzene rings is 2. The van der Waals surface area contributed by atoms with Gasteiger partial charge in [-0.2, -0.15) is 0 Å². The summed E-state index contributed by atoms with van der Waals surface area (Å²) in [7, 11) is 0. The third-order valence-electron chi connectivity index (χ3n) is 5.28. The summed E-state index contributed by atoms with van der Waals surface area (Å²) in [6.45, 7) is 4.98. The molecule has 1 saturated heterocycles. The van der Waals surface area contributed by atoms with E-state index in [0.717, 1.165) is 54.7 Å². The van der Waals surface area contributed by atoms with Crippen molar-refractivity contribution in [1.82, 2.24) is 9.88 Å². The quantitative estimate of drug-likeness (QED) is 0.594. The molecule has 1 aliphatic rings. The lowest BCUT2D eigenvalue weighted by molar-refractivity contribution is 0.218. The Bertz CT molecular complexity index is 974. The number of rotatable bonds is 7. The minimum atomic E-state index is -0.686. The van der Waals surface area contributed by atoms with Crippen LogP contribution >= 0.6 is 11.3 Å². The molecule has 2 heterocycles. The number of anilines is 1. The van der Waals surface area contributed by atoms with E-state index in [1.54, 1.807) is 6.20 Å². The first-order valence-corrected chi connectivity index (χ1v) is 10.9. The van der Waals surface area contributed by atoms with E-state index in [9.17, 15) is 5.11 Å². The van der Waals surface area contributed by atoms with Crippen LogP contribution in [-0.4, -0.2) is 47.8 Å². The molecule has 1 aliphatic heterocycles. The lowest BCUT2D eigenvalue weighted by atomic mass is 10.1. The van der Waals surface area contributed by atoms with Gasteiger partial charge in [0, 0.05) is 55.6 Å². The van der Waals surface area contributed by atoms with Crippen molar-refractivity contribution in [2.24, 2.45) is 0 Å². The smallest absolute Gasteiger partial charge is 0.148 e. The number of thiazole rings is 1. The van der Waals surface area contributed by atoms with Gasteiger partial charge in [0.05, 0.1) is 0 Å². The highest BCUT2D eigenvalue weighted by molar-refractivity contribution is 7.09. The molecule has 2 aromatic carbocycles. The zero-order valence-corrected chi connectivity index (χ0v) is 17.6. The average Bonchev–Trinajstić information content (AvgIpc) is 3.34. The van der Waals surface area contributed by atoms with Crippen LogP contribution in [0.2, 0.25) is 0 Å². The summed E-state index contributed by atoms with van der Waals surface area (Å²) in [5.74, 6) is 3.28. The van der Waals surface area contributed by atoms with Gasteiger partial charge in [0.1, 0.15) is 23.5 Å². The maximum absolute atomic E-state index is 10.8. The second-order valence-electron chi connectivity index (χ2n) is 7.23. The Morgan fingerprint density at radius 2 is 1.87 bits per heavy atom. The summed E-state index contributed by atoms with van der Waals surface area (Å²) < 4.78 is 5.44. The summed E-state index contributed by atoms with van der Waals surface area (Å²) in [6.07, 6.45) is 6.28. The minimum Gasteiger partial charge on any atom is -0.481 e. The standard InChI is InChI=1S/C24H25N3O2S/c1-2-16-29-20-9-7-19(8-10-20)18-26-12-14-27(15-13-26)22-6-4-3-5-21(22)23(28)24-25-11-17-30-24/h1,3-11,17,23,28H,12-16,18H2/t23-/m0/s1. The lowest BCUT2D eigenvalue weighted by Crippen LogP contribution is -2.46. The molecule has 1 aromatic heterocycles. The molecule has 1 fully saturated rings. The fraction of sp³-hybridized carbons (Fsp3) is 0.292. The Balaban J connectivity index is 1.37. The summed E-state index contributed by atoms with van der Waals surface area (Å²) in [5.41, 5.74) is 3.27. The van der Waals surface area contributed by atoms with Gasteiger partial charge in [-0.25, -0.2) is 4.98 Å². The molecule has 0 amide bonds. The highest BCUT2D eigenvalue weighted by Gasteiger charge is 2.23. The number of ether oxygens (including phenoxy) is 1. The molecule has 0 aliphatic carbocycles. The van der Waals surface area contributed by atoms with E-state index in [2.05, 4.69) is 38.9 Å². The average molecular weight is 420 g/mol. The number of hydrogen-bond acceptors (Lipinski definition) is 6. The second-order valence-corrected chi connectivity index (χ2v) is 8.16. The van der Waals surface area contributed by atoms with E-state index in [0.29, 0.717) is 6.61 Å². The Kier molecular flexibility index (Phi) is 6.65. The van der Waals surface area contributed by atoms with Crippen LogP contribution in [0.3, 0.4) is 0 Å². The van der Waals surface area contributed by atoms with Crippen molar-refractivity contribution < 1.29 is 9.84 Å². The van der Waals surface area contributed by atoms with E-state index in [4.69, 9.17) is 11.2 Å². The fourth-order valence-corrected chi connectivity index (χ4v) is 4.37. The van der Waals surface area contributed by atoms with E-state index in [1.165, 1.54) is 16.9 Å². The molecule has 0 unspecified atom stereocenters. The predicted molar refractivity (Wildman–Crippen MR) is 121 cm³/mol. The van der Waals surface area contributed by atoms with Crippen LogP contribution in [0.1, 0.15) is 22.2 Å². The molecule has 0 radical (unpaired) electrons. The molecule has 0 bridgehead atoms. The molecular weight excluding hydrogens is 394 g/mol. The topological polar surface area (TPSA) is 48.8 Å².